The van der Waals surface area contributed by atoms with Crippen molar-refractivity contribution in [3.8, 4) is 0 Å². The molecule has 2 atom stereocenters. The summed E-state index contributed by atoms with van der Waals surface area (Å²) in [4.78, 5) is 13.9. The first kappa shape index (κ1) is 11.2. The molecule has 1 saturated heterocycles. The van der Waals surface area contributed by atoms with Crippen molar-refractivity contribution < 1.29 is 9.21 Å². The van der Waals surface area contributed by atoms with E-state index in [-0.39, 0.29) is 11.9 Å². The number of amides is 1. The second-order valence-corrected chi connectivity index (χ2v) is 4.35. The summed E-state index contributed by atoms with van der Waals surface area (Å²) >= 11 is 0. The maximum absolute atomic E-state index is 12.0. The summed E-state index contributed by atoms with van der Waals surface area (Å²) in [6.07, 6.45) is 3.42. The van der Waals surface area contributed by atoms with Crippen LogP contribution >= 0.6 is 0 Å². The Balaban J connectivity index is 2.03. The molecule has 1 aromatic heterocycles. The van der Waals surface area contributed by atoms with Crippen LogP contribution in [0, 0.1) is 5.92 Å². The van der Waals surface area contributed by atoms with Crippen molar-refractivity contribution >= 4 is 5.91 Å². The summed E-state index contributed by atoms with van der Waals surface area (Å²) in [6, 6.07) is 3.67. The van der Waals surface area contributed by atoms with Crippen LogP contribution in [0.2, 0.25) is 0 Å². The molecule has 2 N–H and O–H groups in total. The number of furan rings is 1. The highest BCUT2D eigenvalue weighted by Gasteiger charge is 2.29. The Morgan fingerprint density at radius 2 is 2.50 bits per heavy atom. The van der Waals surface area contributed by atoms with Crippen LogP contribution in [0.3, 0.4) is 0 Å². The molecule has 2 unspecified atom stereocenters. The van der Waals surface area contributed by atoms with Crippen molar-refractivity contribution in [1.82, 2.24) is 4.90 Å². The normalized spacial score (nSPS) is 25.8. The molecule has 2 heterocycles. The molecule has 0 saturated carbocycles. The van der Waals surface area contributed by atoms with E-state index in [1.807, 2.05) is 4.90 Å². The predicted molar refractivity (Wildman–Crippen MR) is 61.0 cm³/mol. The average Bonchev–Trinajstić information content (AvgIpc) is 2.82. The van der Waals surface area contributed by atoms with Gasteiger partial charge in [-0.15, -0.1) is 0 Å². The summed E-state index contributed by atoms with van der Waals surface area (Å²) < 4.78 is 5.12. The van der Waals surface area contributed by atoms with Gasteiger partial charge in [-0.25, -0.2) is 0 Å². The van der Waals surface area contributed by atoms with Crippen LogP contribution in [0.1, 0.15) is 30.3 Å². The molecule has 0 spiro atoms. The van der Waals surface area contributed by atoms with Crippen LogP contribution in [0.4, 0.5) is 0 Å². The Hall–Kier alpha value is -1.29. The lowest BCUT2D eigenvalue weighted by Crippen LogP contribution is -2.48. The number of hydrogen-bond donors (Lipinski definition) is 1. The Bertz CT molecular complexity index is 348. The molecule has 1 fully saturated rings. The first-order chi connectivity index (χ1) is 7.72. The number of hydrogen-bond acceptors (Lipinski definition) is 3. The minimum Gasteiger partial charge on any atom is -0.459 e. The van der Waals surface area contributed by atoms with Crippen LogP contribution in [0.15, 0.2) is 22.8 Å². The zero-order valence-corrected chi connectivity index (χ0v) is 9.56. The molecule has 1 aliphatic rings. The Morgan fingerprint density at radius 1 is 1.69 bits per heavy atom. The number of carbonyl (C=O) groups excluding carboxylic acids is 1. The van der Waals surface area contributed by atoms with Gasteiger partial charge in [0.05, 0.1) is 6.26 Å². The van der Waals surface area contributed by atoms with Crippen molar-refractivity contribution in [3.63, 3.8) is 0 Å². The van der Waals surface area contributed by atoms with Gasteiger partial charge in [0.15, 0.2) is 5.76 Å². The number of nitrogens with zero attached hydrogens (tertiary/aromatic N) is 1. The Kier molecular flexibility index (Phi) is 3.29. The highest BCUT2D eigenvalue weighted by Crippen LogP contribution is 2.20. The van der Waals surface area contributed by atoms with Gasteiger partial charge in [-0.3, -0.25) is 4.79 Å². The van der Waals surface area contributed by atoms with Crippen molar-refractivity contribution in [2.45, 2.75) is 25.8 Å². The van der Waals surface area contributed by atoms with Crippen molar-refractivity contribution in [2.75, 3.05) is 13.1 Å². The molecule has 0 aliphatic carbocycles. The molecule has 1 aliphatic heterocycles. The van der Waals surface area contributed by atoms with E-state index in [1.165, 1.54) is 6.26 Å². The first-order valence-corrected chi connectivity index (χ1v) is 5.80. The standard InChI is InChI=1S/C12H18N2O2/c1-2-9-8-14(6-5-10(9)13)12(15)11-4-3-7-16-11/h3-4,7,9-10H,2,5-6,8,13H2,1H3. The zero-order chi connectivity index (χ0) is 11.5. The Morgan fingerprint density at radius 3 is 3.12 bits per heavy atom. The smallest absolute Gasteiger partial charge is 0.289 e. The fourth-order valence-corrected chi connectivity index (χ4v) is 2.22. The highest BCUT2D eigenvalue weighted by atomic mass is 16.3. The van der Waals surface area contributed by atoms with Crippen LogP contribution in [0.5, 0.6) is 0 Å². The highest BCUT2D eigenvalue weighted by molar-refractivity contribution is 5.91. The van der Waals surface area contributed by atoms with Gasteiger partial charge < -0.3 is 15.1 Å². The van der Waals surface area contributed by atoms with E-state index in [4.69, 9.17) is 10.2 Å². The van der Waals surface area contributed by atoms with Gasteiger partial charge in [-0.05, 0) is 24.5 Å². The SMILES string of the molecule is CCC1CN(C(=O)c2ccco2)CCC1N. The van der Waals surface area contributed by atoms with E-state index >= 15 is 0 Å². The third kappa shape index (κ3) is 2.11. The topological polar surface area (TPSA) is 59.5 Å². The average molecular weight is 222 g/mol. The third-order valence-electron chi connectivity index (χ3n) is 3.34. The fourth-order valence-electron chi connectivity index (χ4n) is 2.22. The molecular weight excluding hydrogens is 204 g/mol. The van der Waals surface area contributed by atoms with Gasteiger partial charge in [0.2, 0.25) is 0 Å². The van der Waals surface area contributed by atoms with E-state index in [2.05, 4.69) is 6.92 Å². The fraction of sp³-hybridized carbons (Fsp3) is 0.583. The number of carbonyl (C=O) groups is 1. The predicted octanol–water partition coefficient (Wildman–Crippen LogP) is 1.48. The Labute approximate surface area is 95.4 Å². The van der Waals surface area contributed by atoms with E-state index < -0.39 is 0 Å². The first-order valence-electron chi connectivity index (χ1n) is 5.80. The van der Waals surface area contributed by atoms with Crippen molar-refractivity contribution in [1.29, 1.82) is 0 Å². The van der Waals surface area contributed by atoms with Gasteiger partial charge in [0.25, 0.3) is 5.91 Å². The molecule has 1 amide bonds. The number of rotatable bonds is 2. The van der Waals surface area contributed by atoms with Crippen LogP contribution in [0.25, 0.3) is 0 Å². The molecule has 16 heavy (non-hydrogen) atoms. The van der Waals surface area contributed by atoms with Crippen LogP contribution in [-0.2, 0) is 0 Å². The van der Waals surface area contributed by atoms with Crippen LogP contribution < -0.4 is 5.73 Å². The largest absolute Gasteiger partial charge is 0.459 e. The van der Waals surface area contributed by atoms with Crippen LogP contribution in [-0.4, -0.2) is 29.9 Å². The van der Waals surface area contributed by atoms with Gasteiger partial charge in [0, 0.05) is 19.1 Å². The molecule has 0 aromatic carbocycles. The number of likely N-dealkylation sites (tertiary alicyclic amines) is 1. The summed E-state index contributed by atoms with van der Waals surface area (Å²) in [7, 11) is 0. The minimum atomic E-state index is -0.0182. The van der Waals surface area contributed by atoms with Gasteiger partial charge in [0.1, 0.15) is 0 Å². The van der Waals surface area contributed by atoms with E-state index in [0.717, 1.165) is 25.9 Å². The third-order valence-corrected chi connectivity index (χ3v) is 3.34. The van der Waals surface area contributed by atoms with Crippen molar-refractivity contribution in [3.05, 3.63) is 24.2 Å². The second-order valence-electron chi connectivity index (χ2n) is 4.35. The summed E-state index contributed by atoms with van der Waals surface area (Å²) in [5.74, 6) is 0.813. The summed E-state index contributed by atoms with van der Waals surface area (Å²) in [5.41, 5.74) is 6.01. The molecule has 4 heteroatoms. The molecule has 88 valence electrons. The molecular formula is C12H18N2O2. The quantitative estimate of drug-likeness (QED) is 0.824. The lowest BCUT2D eigenvalue weighted by atomic mass is 9.90. The maximum atomic E-state index is 12.0. The lowest BCUT2D eigenvalue weighted by molar-refractivity contribution is 0.0617. The maximum Gasteiger partial charge on any atom is 0.289 e. The number of nitrogens with two attached hydrogens (primary N) is 1. The molecule has 0 bridgehead atoms. The minimum absolute atomic E-state index is 0.0182. The number of piperidine rings is 1. The zero-order valence-electron chi connectivity index (χ0n) is 9.56. The van der Waals surface area contributed by atoms with E-state index in [1.54, 1.807) is 12.1 Å². The van der Waals surface area contributed by atoms with Gasteiger partial charge >= 0.3 is 0 Å². The summed E-state index contributed by atoms with van der Waals surface area (Å²) in [6.45, 7) is 3.60. The molecule has 0 radical (unpaired) electrons. The monoisotopic (exact) mass is 222 g/mol. The van der Waals surface area contributed by atoms with E-state index in [0.29, 0.717) is 11.7 Å². The van der Waals surface area contributed by atoms with Gasteiger partial charge in [-0.2, -0.15) is 0 Å². The second kappa shape index (κ2) is 4.70. The lowest BCUT2D eigenvalue weighted by Gasteiger charge is -2.36. The van der Waals surface area contributed by atoms with Crippen molar-refractivity contribution in [2.24, 2.45) is 11.7 Å². The summed E-state index contributed by atoms with van der Waals surface area (Å²) in [5, 5.41) is 0. The van der Waals surface area contributed by atoms with Gasteiger partial charge in [-0.1, -0.05) is 13.3 Å². The molecule has 2 rings (SSSR count). The van der Waals surface area contributed by atoms with E-state index in [9.17, 15) is 4.79 Å². The molecule has 1 aromatic rings. The molecule has 4 nitrogen and oxygen atoms in total.